The molecule has 2 amide bonds. The summed E-state index contributed by atoms with van der Waals surface area (Å²) < 4.78 is 10.8. The normalized spacial score (nSPS) is 13.9. The van der Waals surface area contributed by atoms with Crippen molar-refractivity contribution in [2.75, 3.05) is 39.9 Å². The Morgan fingerprint density at radius 2 is 1.72 bits per heavy atom. The number of hydrogen-bond acceptors (Lipinski definition) is 4. The van der Waals surface area contributed by atoms with Crippen molar-refractivity contribution in [2.24, 2.45) is 0 Å². The van der Waals surface area contributed by atoms with E-state index in [2.05, 4.69) is 0 Å². The second-order valence-electron chi connectivity index (χ2n) is 6.79. The summed E-state index contributed by atoms with van der Waals surface area (Å²) in [6.45, 7) is 2.57. The molecule has 3 rings (SSSR count). The van der Waals surface area contributed by atoms with Gasteiger partial charge in [0.1, 0.15) is 11.5 Å². The average molecular weight is 417 g/mol. The van der Waals surface area contributed by atoms with Crippen LogP contribution in [0.1, 0.15) is 23.2 Å². The Hall–Kier alpha value is -2.73. The molecule has 0 unspecified atom stereocenters. The molecule has 1 heterocycles. The molecule has 0 aliphatic carbocycles. The van der Waals surface area contributed by atoms with Crippen LogP contribution in [-0.4, -0.2) is 61.5 Å². The molecule has 29 heavy (non-hydrogen) atoms. The lowest BCUT2D eigenvalue weighted by molar-refractivity contribution is -0.132. The number of halogens is 1. The molecular weight excluding hydrogens is 392 g/mol. The van der Waals surface area contributed by atoms with Gasteiger partial charge in [-0.3, -0.25) is 9.59 Å². The Bertz CT molecular complexity index is 850. The van der Waals surface area contributed by atoms with Crippen molar-refractivity contribution in [3.05, 3.63) is 59.1 Å². The third-order valence-corrected chi connectivity index (χ3v) is 5.18. The van der Waals surface area contributed by atoms with Crippen molar-refractivity contribution in [1.82, 2.24) is 9.80 Å². The Morgan fingerprint density at radius 3 is 2.45 bits per heavy atom. The lowest BCUT2D eigenvalue weighted by Gasteiger charge is -2.35. The molecule has 0 spiro atoms. The highest BCUT2D eigenvalue weighted by atomic mass is 35.5. The molecule has 1 aliphatic rings. The molecule has 2 aromatic rings. The zero-order chi connectivity index (χ0) is 20.6. The van der Waals surface area contributed by atoms with E-state index in [1.807, 2.05) is 29.2 Å². The van der Waals surface area contributed by atoms with E-state index in [-0.39, 0.29) is 11.8 Å². The molecule has 6 nitrogen and oxygen atoms in total. The second-order valence-corrected chi connectivity index (χ2v) is 7.19. The van der Waals surface area contributed by atoms with Crippen LogP contribution in [0.25, 0.3) is 0 Å². The summed E-state index contributed by atoms with van der Waals surface area (Å²) in [6.07, 6.45) is 1.03. The fraction of sp³-hybridized carbons (Fsp3) is 0.364. The molecule has 0 bridgehead atoms. The lowest BCUT2D eigenvalue weighted by atomic mass is 10.1. The third kappa shape index (κ3) is 5.64. The van der Waals surface area contributed by atoms with Gasteiger partial charge in [0, 0.05) is 38.2 Å². The van der Waals surface area contributed by atoms with Gasteiger partial charge in [0.05, 0.1) is 18.7 Å². The molecule has 0 aromatic heterocycles. The highest BCUT2D eigenvalue weighted by Crippen LogP contribution is 2.23. The molecule has 0 radical (unpaired) electrons. The number of amides is 2. The fourth-order valence-electron chi connectivity index (χ4n) is 3.22. The van der Waals surface area contributed by atoms with E-state index in [1.54, 1.807) is 36.3 Å². The minimum Gasteiger partial charge on any atom is -0.497 e. The van der Waals surface area contributed by atoms with Gasteiger partial charge in [-0.15, -0.1) is 0 Å². The van der Waals surface area contributed by atoms with Gasteiger partial charge in [-0.05, 0) is 36.8 Å². The average Bonchev–Trinajstić information content (AvgIpc) is 2.77. The molecule has 1 aliphatic heterocycles. The summed E-state index contributed by atoms with van der Waals surface area (Å²) in [5.41, 5.74) is 0.598. The van der Waals surface area contributed by atoms with Crippen LogP contribution in [0.4, 0.5) is 0 Å². The van der Waals surface area contributed by atoms with E-state index in [9.17, 15) is 9.59 Å². The van der Waals surface area contributed by atoms with Crippen LogP contribution in [-0.2, 0) is 4.79 Å². The number of piperazine rings is 1. The fourth-order valence-corrected chi connectivity index (χ4v) is 3.41. The summed E-state index contributed by atoms with van der Waals surface area (Å²) in [5, 5.41) is 0.565. The van der Waals surface area contributed by atoms with Gasteiger partial charge in [0.15, 0.2) is 0 Å². The van der Waals surface area contributed by atoms with Crippen molar-refractivity contribution in [3.8, 4) is 11.5 Å². The van der Waals surface area contributed by atoms with Gasteiger partial charge in [-0.25, -0.2) is 0 Å². The Balaban J connectivity index is 1.41. The van der Waals surface area contributed by atoms with Crippen molar-refractivity contribution in [2.45, 2.75) is 12.8 Å². The Morgan fingerprint density at radius 1 is 1.00 bits per heavy atom. The predicted molar refractivity (Wildman–Crippen MR) is 112 cm³/mol. The van der Waals surface area contributed by atoms with Crippen molar-refractivity contribution >= 4 is 23.4 Å². The number of rotatable bonds is 7. The summed E-state index contributed by atoms with van der Waals surface area (Å²) >= 11 is 6.05. The van der Waals surface area contributed by atoms with Gasteiger partial charge < -0.3 is 19.3 Å². The monoisotopic (exact) mass is 416 g/mol. The molecule has 0 saturated carbocycles. The predicted octanol–water partition coefficient (Wildman–Crippen LogP) is 3.49. The molecule has 7 heteroatoms. The van der Waals surface area contributed by atoms with E-state index in [4.69, 9.17) is 21.1 Å². The van der Waals surface area contributed by atoms with Crippen LogP contribution in [0, 0.1) is 0 Å². The SMILES string of the molecule is COc1cccc(C(=O)N2CCN(C(=O)CCCOc3ccccc3Cl)CC2)c1. The van der Waals surface area contributed by atoms with Gasteiger partial charge in [0.2, 0.25) is 5.91 Å². The van der Waals surface area contributed by atoms with E-state index < -0.39 is 0 Å². The maximum Gasteiger partial charge on any atom is 0.254 e. The first-order valence-corrected chi connectivity index (χ1v) is 10.0. The van der Waals surface area contributed by atoms with Crippen LogP contribution in [0.3, 0.4) is 0 Å². The highest BCUT2D eigenvalue weighted by molar-refractivity contribution is 6.32. The summed E-state index contributed by atoms with van der Waals surface area (Å²) in [5.74, 6) is 1.33. The zero-order valence-corrected chi connectivity index (χ0v) is 17.2. The molecule has 1 fully saturated rings. The number of nitrogens with zero attached hydrogens (tertiary/aromatic N) is 2. The van der Waals surface area contributed by atoms with Crippen LogP contribution >= 0.6 is 11.6 Å². The molecule has 0 N–H and O–H groups in total. The molecule has 2 aromatic carbocycles. The first-order valence-electron chi connectivity index (χ1n) is 9.67. The number of para-hydroxylation sites is 1. The zero-order valence-electron chi connectivity index (χ0n) is 16.5. The van der Waals surface area contributed by atoms with Gasteiger partial charge in [0.25, 0.3) is 5.91 Å². The summed E-state index contributed by atoms with van der Waals surface area (Å²) in [6, 6.07) is 14.4. The van der Waals surface area contributed by atoms with E-state index in [0.29, 0.717) is 67.7 Å². The second kappa shape index (κ2) is 10.2. The molecular formula is C22H25ClN2O4. The van der Waals surface area contributed by atoms with E-state index in [1.165, 1.54) is 0 Å². The number of benzene rings is 2. The van der Waals surface area contributed by atoms with Crippen LogP contribution < -0.4 is 9.47 Å². The van der Waals surface area contributed by atoms with Crippen molar-refractivity contribution in [3.63, 3.8) is 0 Å². The van der Waals surface area contributed by atoms with Crippen molar-refractivity contribution < 1.29 is 19.1 Å². The highest BCUT2D eigenvalue weighted by Gasteiger charge is 2.24. The number of carbonyl (C=O) groups is 2. The maximum absolute atomic E-state index is 12.7. The smallest absolute Gasteiger partial charge is 0.254 e. The van der Waals surface area contributed by atoms with Crippen LogP contribution in [0.5, 0.6) is 11.5 Å². The molecule has 1 saturated heterocycles. The number of ether oxygens (including phenoxy) is 2. The van der Waals surface area contributed by atoms with Gasteiger partial charge in [-0.2, -0.15) is 0 Å². The third-order valence-electron chi connectivity index (χ3n) is 4.87. The lowest BCUT2D eigenvalue weighted by Crippen LogP contribution is -2.50. The molecule has 154 valence electrons. The van der Waals surface area contributed by atoms with Crippen LogP contribution in [0.2, 0.25) is 5.02 Å². The minimum absolute atomic E-state index is 0.0378. The Kier molecular flexibility index (Phi) is 7.36. The summed E-state index contributed by atoms with van der Waals surface area (Å²) in [7, 11) is 1.58. The topological polar surface area (TPSA) is 59.1 Å². The number of hydrogen-bond donors (Lipinski definition) is 0. The number of carbonyl (C=O) groups excluding carboxylic acids is 2. The van der Waals surface area contributed by atoms with Crippen molar-refractivity contribution in [1.29, 1.82) is 0 Å². The maximum atomic E-state index is 12.7. The number of methoxy groups -OCH3 is 1. The largest absolute Gasteiger partial charge is 0.497 e. The van der Waals surface area contributed by atoms with E-state index in [0.717, 1.165) is 0 Å². The first-order chi connectivity index (χ1) is 14.1. The van der Waals surface area contributed by atoms with Gasteiger partial charge >= 0.3 is 0 Å². The van der Waals surface area contributed by atoms with Gasteiger partial charge in [-0.1, -0.05) is 29.8 Å². The summed E-state index contributed by atoms with van der Waals surface area (Å²) in [4.78, 5) is 28.7. The molecule has 0 atom stereocenters. The van der Waals surface area contributed by atoms with Crippen LogP contribution in [0.15, 0.2) is 48.5 Å². The minimum atomic E-state index is -0.0378. The first kappa shape index (κ1) is 21.0. The standard InChI is InChI=1S/C22H25ClN2O4/c1-28-18-7-4-6-17(16-18)22(27)25-13-11-24(12-14-25)21(26)10-5-15-29-20-9-3-2-8-19(20)23/h2-4,6-9,16H,5,10-15H2,1H3. The Labute approximate surface area is 176 Å². The quantitative estimate of drug-likeness (QED) is 0.648. The van der Waals surface area contributed by atoms with E-state index >= 15 is 0 Å².